The van der Waals surface area contributed by atoms with Gasteiger partial charge in [-0.15, -0.1) is 0 Å². The highest BCUT2D eigenvalue weighted by Gasteiger charge is 2.54. The van der Waals surface area contributed by atoms with Crippen molar-refractivity contribution < 1.29 is 24.5 Å². The molecule has 2 rings (SSSR count). The molecule has 29 heavy (non-hydrogen) atoms. The van der Waals surface area contributed by atoms with Gasteiger partial charge in [-0.05, 0) is 52.9 Å². The van der Waals surface area contributed by atoms with Crippen LogP contribution in [0.5, 0.6) is 0 Å². The van der Waals surface area contributed by atoms with E-state index in [0.29, 0.717) is 5.92 Å². The van der Waals surface area contributed by atoms with Crippen LogP contribution in [0.25, 0.3) is 0 Å². The van der Waals surface area contributed by atoms with Crippen LogP contribution in [0, 0.1) is 17.8 Å². The van der Waals surface area contributed by atoms with E-state index in [1.54, 1.807) is 4.90 Å². The van der Waals surface area contributed by atoms with Crippen molar-refractivity contribution in [2.45, 2.75) is 117 Å². The Morgan fingerprint density at radius 2 is 1.79 bits per heavy atom. The molecule has 1 aliphatic carbocycles. The molecule has 0 unspecified atom stereocenters. The maximum atomic E-state index is 13.2. The smallest absolute Gasteiger partial charge is 0.412 e. The van der Waals surface area contributed by atoms with Crippen molar-refractivity contribution in [1.82, 2.24) is 4.90 Å². The Hall–Kier alpha value is -0.850. The SMILES string of the molecule is CC(C)[C@H](CO)[C@H](O)[C@@H]1OC(C)(C)N(C(=O)OC(C)(C)C)[C@H]1CC1CCCCC1. The van der Waals surface area contributed by atoms with Crippen molar-refractivity contribution in [2.24, 2.45) is 17.8 Å². The summed E-state index contributed by atoms with van der Waals surface area (Å²) in [6.45, 7) is 13.2. The Morgan fingerprint density at radius 3 is 2.28 bits per heavy atom. The van der Waals surface area contributed by atoms with Crippen LogP contribution < -0.4 is 0 Å². The third-order valence-electron chi connectivity index (χ3n) is 6.45. The highest BCUT2D eigenvalue weighted by atomic mass is 16.6. The van der Waals surface area contributed by atoms with Gasteiger partial charge in [0.2, 0.25) is 0 Å². The second kappa shape index (κ2) is 9.52. The Balaban J connectivity index is 2.34. The Labute approximate surface area is 176 Å². The lowest BCUT2D eigenvalue weighted by molar-refractivity contribution is -0.121. The van der Waals surface area contributed by atoms with Crippen LogP contribution in [-0.2, 0) is 9.47 Å². The van der Waals surface area contributed by atoms with Crippen molar-refractivity contribution in [2.75, 3.05) is 6.61 Å². The van der Waals surface area contributed by atoms with Gasteiger partial charge in [0.25, 0.3) is 0 Å². The average Bonchev–Trinajstić information content (AvgIpc) is 2.85. The molecule has 2 N–H and O–H groups in total. The number of rotatable bonds is 6. The fourth-order valence-corrected chi connectivity index (χ4v) is 4.94. The minimum atomic E-state index is -0.885. The summed E-state index contributed by atoms with van der Waals surface area (Å²) in [5.74, 6) is 0.313. The number of amides is 1. The fourth-order valence-electron chi connectivity index (χ4n) is 4.94. The molecule has 1 saturated heterocycles. The molecular formula is C23H43NO5. The number of carbonyl (C=O) groups is 1. The lowest BCUT2D eigenvalue weighted by Crippen LogP contribution is -2.52. The topological polar surface area (TPSA) is 79.2 Å². The number of hydrogen-bond donors (Lipinski definition) is 2. The van der Waals surface area contributed by atoms with Crippen molar-refractivity contribution in [1.29, 1.82) is 0 Å². The van der Waals surface area contributed by atoms with E-state index in [-0.39, 0.29) is 24.5 Å². The van der Waals surface area contributed by atoms with Gasteiger partial charge in [-0.1, -0.05) is 46.0 Å². The van der Waals surface area contributed by atoms with Gasteiger partial charge in [-0.2, -0.15) is 0 Å². The molecule has 0 aromatic carbocycles. The van der Waals surface area contributed by atoms with E-state index >= 15 is 0 Å². The first-order valence-corrected chi connectivity index (χ1v) is 11.4. The number of ether oxygens (including phenoxy) is 2. The van der Waals surface area contributed by atoms with Crippen LogP contribution in [0.1, 0.15) is 87.0 Å². The van der Waals surface area contributed by atoms with Gasteiger partial charge in [0.05, 0.1) is 12.1 Å². The zero-order chi connectivity index (χ0) is 22.0. The average molecular weight is 414 g/mol. The van der Waals surface area contributed by atoms with Gasteiger partial charge >= 0.3 is 6.09 Å². The summed E-state index contributed by atoms with van der Waals surface area (Å²) in [6, 6.07) is -0.272. The van der Waals surface area contributed by atoms with E-state index in [2.05, 4.69) is 0 Å². The summed E-state index contributed by atoms with van der Waals surface area (Å²) < 4.78 is 12.0. The van der Waals surface area contributed by atoms with E-state index in [4.69, 9.17) is 9.47 Å². The summed E-state index contributed by atoms with van der Waals surface area (Å²) in [5.41, 5.74) is -1.49. The normalized spacial score (nSPS) is 27.9. The van der Waals surface area contributed by atoms with E-state index in [9.17, 15) is 15.0 Å². The quantitative estimate of drug-likeness (QED) is 0.678. The zero-order valence-corrected chi connectivity index (χ0v) is 19.5. The van der Waals surface area contributed by atoms with Crippen LogP contribution in [0.4, 0.5) is 4.79 Å². The largest absolute Gasteiger partial charge is 0.444 e. The van der Waals surface area contributed by atoms with Gasteiger partial charge in [0.15, 0.2) is 0 Å². The molecule has 4 atom stereocenters. The van der Waals surface area contributed by atoms with Crippen LogP contribution in [0.15, 0.2) is 0 Å². The van der Waals surface area contributed by atoms with Crippen molar-refractivity contribution in [3.63, 3.8) is 0 Å². The Kier molecular flexibility index (Phi) is 8.02. The predicted octanol–water partition coefficient (Wildman–Crippen LogP) is 4.32. The van der Waals surface area contributed by atoms with Gasteiger partial charge in [0, 0.05) is 12.5 Å². The summed E-state index contributed by atoms with van der Waals surface area (Å²) in [7, 11) is 0. The van der Waals surface area contributed by atoms with Crippen molar-refractivity contribution >= 4 is 6.09 Å². The van der Waals surface area contributed by atoms with E-state index in [1.807, 2.05) is 48.5 Å². The number of nitrogens with zero attached hydrogens (tertiary/aromatic N) is 1. The van der Waals surface area contributed by atoms with Crippen LogP contribution in [-0.4, -0.2) is 57.4 Å². The van der Waals surface area contributed by atoms with Gasteiger partial charge < -0.3 is 19.7 Å². The summed E-state index contributed by atoms with van der Waals surface area (Å²) in [5, 5.41) is 21.1. The molecule has 6 heteroatoms. The molecule has 1 heterocycles. The Bertz CT molecular complexity index is 536. The first-order valence-electron chi connectivity index (χ1n) is 11.4. The minimum Gasteiger partial charge on any atom is -0.444 e. The molecule has 1 saturated carbocycles. The van der Waals surface area contributed by atoms with Crippen LogP contribution in [0.3, 0.4) is 0 Å². The summed E-state index contributed by atoms with van der Waals surface area (Å²) in [4.78, 5) is 14.9. The molecule has 0 spiro atoms. The summed E-state index contributed by atoms with van der Waals surface area (Å²) >= 11 is 0. The third kappa shape index (κ3) is 6.08. The molecule has 0 bridgehead atoms. The Morgan fingerprint density at radius 1 is 1.21 bits per heavy atom. The molecule has 2 fully saturated rings. The van der Waals surface area contributed by atoms with Crippen LogP contribution in [0.2, 0.25) is 0 Å². The predicted molar refractivity (Wildman–Crippen MR) is 113 cm³/mol. The highest BCUT2D eigenvalue weighted by molar-refractivity contribution is 5.70. The molecule has 1 amide bonds. The maximum absolute atomic E-state index is 13.2. The second-order valence-electron chi connectivity index (χ2n) is 10.8. The minimum absolute atomic E-state index is 0.104. The third-order valence-corrected chi connectivity index (χ3v) is 6.45. The molecule has 0 radical (unpaired) electrons. The maximum Gasteiger partial charge on any atom is 0.412 e. The van der Waals surface area contributed by atoms with E-state index < -0.39 is 29.6 Å². The van der Waals surface area contributed by atoms with Gasteiger partial charge in [0.1, 0.15) is 17.4 Å². The summed E-state index contributed by atoms with van der Waals surface area (Å²) in [6.07, 6.45) is 5.00. The number of aliphatic hydroxyl groups is 2. The molecule has 0 aromatic rings. The van der Waals surface area contributed by atoms with Crippen molar-refractivity contribution in [3.8, 4) is 0 Å². The van der Waals surface area contributed by atoms with Crippen LogP contribution >= 0.6 is 0 Å². The molecular weight excluding hydrogens is 370 g/mol. The lowest BCUT2D eigenvalue weighted by Gasteiger charge is -2.37. The van der Waals surface area contributed by atoms with Crippen molar-refractivity contribution in [3.05, 3.63) is 0 Å². The molecule has 170 valence electrons. The first-order chi connectivity index (χ1) is 13.4. The standard InChI is InChI=1S/C23H43NO5/c1-15(2)17(14-25)19(26)20-18(13-16-11-9-8-10-12-16)24(23(6,7)28-20)21(27)29-22(3,4)5/h15-20,25-26H,8-14H2,1-7H3/t17-,18-,19-,20+/m0/s1. The fraction of sp³-hybridized carbons (Fsp3) is 0.957. The van der Waals surface area contributed by atoms with E-state index in [0.717, 1.165) is 19.3 Å². The number of carbonyl (C=O) groups excluding carboxylic acids is 1. The molecule has 1 aliphatic heterocycles. The van der Waals surface area contributed by atoms with Gasteiger partial charge in [-0.3, -0.25) is 4.90 Å². The number of aliphatic hydroxyl groups excluding tert-OH is 2. The highest BCUT2D eigenvalue weighted by Crippen LogP contribution is 2.41. The second-order valence-corrected chi connectivity index (χ2v) is 10.8. The first kappa shape index (κ1) is 24.4. The zero-order valence-electron chi connectivity index (χ0n) is 19.5. The van der Waals surface area contributed by atoms with E-state index in [1.165, 1.54) is 19.3 Å². The van der Waals surface area contributed by atoms with Gasteiger partial charge in [-0.25, -0.2) is 4.79 Å². The number of hydrogen-bond acceptors (Lipinski definition) is 5. The molecule has 6 nitrogen and oxygen atoms in total. The molecule has 0 aromatic heterocycles. The molecule has 2 aliphatic rings. The monoisotopic (exact) mass is 413 g/mol. The lowest BCUT2D eigenvalue weighted by atomic mass is 9.80.